The topological polar surface area (TPSA) is 143 Å². The van der Waals surface area contributed by atoms with Crippen LogP contribution in [0.5, 0.6) is 5.75 Å². The molecule has 7 aromatic rings. The summed E-state index contributed by atoms with van der Waals surface area (Å²) in [6.07, 6.45) is 5.06. The van der Waals surface area contributed by atoms with Crippen LogP contribution in [0.4, 0.5) is 17.1 Å². The van der Waals surface area contributed by atoms with Gasteiger partial charge < -0.3 is 15.0 Å². The standard InChI is InChI=1S/C33H23N5O4S2.Na/c34-32-24-9-2-1-8-23(24)30(44(39,40)41)16-27(32)38-37-21-11-13-26(36-18-21)31-28(42-19-20-6-5-15-35-17-20)14-12-25-22-7-3-4-10-29(22)43-33(25)31;/h1-18H,19,34H2,(H,39,40,41);/q;+1/p-1. The molecule has 0 aliphatic carbocycles. The molecule has 45 heavy (non-hydrogen) atoms. The minimum Gasteiger partial charge on any atom is -0.744 e. The van der Waals surface area contributed by atoms with E-state index in [1.54, 1.807) is 54.2 Å². The van der Waals surface area contributed by atoms with E-state index >= 15 is 0 Å². The fourth-order valence-corrected chi connectivity index (χ4v) is 7.08. The Balaban J connectivity index is 0.00000357. The molecule has 12 heteroatoms. The van der Waals surface area contributed by atoms with Crippen LogP contribution in [0.1, 0.15) is 5.56 Å². The molecule has 0 bridgehead atoms. The number of pyridine rings is 2. The van der Waals surface area contributed by atoms with Crippen LogP contribution in [0.25, 0.3) is 42.2 Å². The smallest absolute Gasteiger partial charge is 0.744 e. The van der Waals surface area contributed by atoms with Crippen molar-refractivity contribution in [3.63, 3.8) is 0 Å². The zero-order valence-corrected chi connectivity index (χ0v) is 27.5. The van der Waals surface area contributed by atoms with Crippen LogP contribution < -0.4 is 40.0 Å². The van der Waals surface area contributed by atoms with Crippen LogP contribution in [0.15, 0.2) is 125 Å². The number of hydrogen-bond acceptors (Lipinski definition) is 10. The van der Waals surface area contributed by atoms with E-state index in [9.17, 15) is 13.0 Å². The summed E-state index contributed by atoms with van der Waals surface area (Å²) in [5, 5.41) is 11.3. The maximum atomic E-state index is 12.0. The monoisotopic (exact) mass is 639 g/mol. The van der Waals surface area contributed by atoms with E-state index in [1.165, 1.54) is 6.07 Å². The summed E-state index contributed by atoms with van der Waals surface area (Å²) in [6.45, 7) is 0.345. The van der Waals surface area contributed by atoms with Gasteiger partial charge in [-0.05, 0) is 42.5 Å². The summed E-state index contributed by atoms with van der Waals surface area (Å²) in [7, 11) is -4.78. The zero-order chi connectivity index (χ0) is 30.3. The van der Waals surface area contributed by atoms with Gasteiger partial charge in [0.2, 0.25) is 0 Å². The molecule has 0 radical (unpaired) electrons. The number of thiophene rings is 1. The van der Waals surface area contributed by atoms with Crippen LogP contribution in [-0.2, 0) is 16.7 Å². The minimum atomic E-state index is -4.78. The van der Waals surface area contributed by atoms with E-state index in [0.717, 1.165) is 37.4 Å². The van der Waals surface area contributed by atoms with Crippen molar-refractivity contribution >= 4 is 69.5 Å². The largest absolute Gasteiger partial charge is 1.00 e. The molecule has 0 saturated heterocycles. The first-order chi connectivity index (χ1) is 21.4. The summed E-state index contributed by atoms with van der Waals surface area (Å²) >= 11 is 1.67. The minimum absolute atomic E-state index is 0. The predicted octanol–water partition coefficient (Wildman–Crippen LogP) is 5.15. The van der Waals surface area contributed by atoms with Gasteiger partial charge in [0.25, 0.3) is 0 Å². The molecule has 7 rings (SSSR count). The summed E-state index contributed by atoms with van der Waals surface area (Å²) < 4.78 is 44.4. The van der Waals surface area contributed by atoms with Crippen LogP contribution in [0, 0.1) is 0 Å². The number of azo groups is 1. The number of rotatable bonds is 7. The number of fused-ring (bicyclic) bond motifs is 4. The molecule has 0 saturated carbocycles. The van der Waals surface area contributed by atoms with Gasteiger partial charge in [-0.2, -0.15) is 0 Å². The second-order valence-corrected chi connectivity index (χ2v) is 12.4. The first-order valence-electron chi connectivity index (χ1n) is 13.5. The van der Waals surface area contributed by atoms with Crippen molar-refractivity contribution in [3.8, 4) is 17.0 Å². The van der Waals surface area contributed by atoms with Crippen LogP contribution in [0.3, 0.4) is 0 Å². The van der Waals surface area contributed by atoms with Gasteiger partial charge in [-0.15, -0.1) is 21.6 Å². The first kappa shape index (κ1) is 30.8. The van der Waals surface area contributed by atoms with Gasteiger partial charge in [-0.1, -0.05) is 48.5 Å². The normalized spacial score (nSPS) is 11.8. The van der Waals surface area contributed by atoms with Crippen molar-refractivity contribution in [2.45, 2.75) is 11.5 Å². The van der Waals surface area contributed by atoms with Gasteiger partial charge in [0.1, 0.15) is 33.8 Å². The molecule has 0 spiro atoms. The second kappa shape index (κ2) is 12.6. The van der Waals surface area contributed by atoms with Crippen LogP contribution in [0.2, 0.25) is 0 Å². The molecule has 0 fully saturated rings. The maximum absolute atomic E-state index is 12.0. The Labute approximate surface area is 284 Å². The fraction of sp³-hybridized carbons (Fsp3) is 0.0303. The van der Waals surface area contributed by atoms with Crippen molar-refractivity contribution in [1.82, 2.24) is 9.97 Å². The molecule has 0 aliphatic heterocycles. The van der Waals surface area contributed by atoms with Crippen molar-refractivity contribution < 1.29 is 47.3 Å². The summed E-state index contributed by atoms with van der Waals surface area (Å²) in [5.41, 5.74) is 9.48. The van der Waals surface area contributed by atoms with E-state index in [4.69, 9.17) is 15.5 Å². The molecule has 0 atom stereocenters. The SMILES string of the molecule is Nc1c(N=Nc2ccc(-c3c(OCc4cccnc4)ccc4c3sc3ccccc34)nc2)cc(S(=O)(=O)[O-])c2ccccc12.[Na+]. The average Bonchev–Trinajstić information content (AvgIpc) is 3.42. The molecule has 9 nitrogen and oxygen atoms in total. The number of ether oxygens (including phenoxy) is 1. The Morgan fingerprint density at radius 2 is 1.62 bits per heavy atom. The number of nitrogens with zero attached hydrogens (tertiary/aromatic N) is 4. The van der Waals surface area contributed by atoms with Crippen LogP contribution >= 0.6 is 11.3 Å². The zero-order valence-electron chi connectivity index (χ0n) is 23.9. The Hall–Kier alpha value is -4.23. The molecule has 2 N–H and O–H groups in total. The Morgan fingerprint density at radius 3 is 2.36 bits per heavy atom. The van der Waals surface area contributed by atoms with Gasteiger partial charge >= 0.3 is 29.6 Å². The summed E-state index contributed by atoms with van der Waals surface area (Å²) in [6, 6.07) is 27.4. The van der Waals surface area contributed by atoms with Crippen molar-refractivity contribution in [3.05, 3.63) is 115 Å². The number of nitrogens with two attached hydrogens (primary N) is 1. The molecule has 0 amide bonds. The van der Waals surface area contributed by atoms with Gasteiger partial charge in [-0.25, -0.2) is 8.42 Å². The van der Waals surface area contributed by atoms with Crippen molar-refractivity contribution in [2.75, 3.05) is 5.73 Å². The summed E-state index contributed by atoms with van der Waals surface area (Å²) in [4.78, 5) is 8.49. The van der Waals surface area contributed by atoms with Crippen molar-refractivity contribution in [2.24, 2.45) is 10.2 Å². The quantitative estimate of drug-likeness (QED) is 0.110. The Morgan fingerprint density at radius 1 is 0.844 bits per heavy atom. The van der Waals surface area contributed by atoms with E-state index < -0.39 is 15.0 Å². The molecular formula is C33H22N5NaO4S2. The molecule has 0 aliphatic rings. The second-order valence-electron chi connectivity index (χ2n) is 9.97. The Kier molecular flexibility index (Phi) is 8.65. The molecule has 3 aromatic heterocycles. The number of nitrogen functional groups attached to an aromatic ring is 1. The van der Waals surface area contributed by atoms with E-state index in [1.807, 2.05) is 36.4 Å². The third-order valence-electron chi connectivity index (χ3n) is 7.20. The van der Waals surface area contributed by atoms with Gasteiger partial charge in [0, 0.05) is 48.9 Å². The first-order valence-corrected chi connectivity index (χ1v) is 15.7. The van der Waals surface area contributed by atoms with Crippen LogP contribution in [-0.4, -0.2) is 22.9 Å². The van der Waals surface area contributed by atoms with Gasteiger partial charge in [0.05, 0.1) is 28.0 Å². The molecular weight excluding hydrogens is 618 g/mol. The molecule has 3 heterocycles. The average molecular weight is 640 g/mol. The molecule has 216 valence electrons. The number of anilines is 1. The molecule has 0 unspecified atom stereocenters. The summed E-state index contributed by atoms with van der Waals surface area (Å²) in [5.74, 6) is 0.685. The third-order valence-corrected chi connectivity index (χ3v) is 9.28. The van der Waals surface area contributed by atoms with Gasteiger partial charge in [0.15, 0.2) is 0 Å². The third kappa shape index (κ3) is 6.06. The molecule has 4 aromatic carbocycles. The van der Waals surface area contributed by atoms with Crippen molar-refractivity contribution in [1.29, 1.82) is 0 Å². The Bertz CT molecular complexity index is 2330. The number of aromatic nitrogens is 2. The number of benzene rings is 4. The van der Waals surface area contributed by atoms with Gasteiger partial charge in [-0.3, -0.25) is 9.97 Å². The fourth-order valence-electron chi connectivity index (χ4n) is 5.12. The maximum Gasteiger partial charge on any atom is 1.00 e. The van der Waals surface area contributed by atoms with E-state index in [0.29, 0.717) is 29.1 Å². The number of hydrogen-bond donors (Lipinski definition) is 1. The predicted molar refractivity (Wildman–Crippen MR) is 172 cm³/mol. The van der Waals surface area contributed by atoms with E-state index in [-0.39, 0.29) is 46.3 Å². The van der Waals surface area contributed by atoms with E-state index in [2.05, 4.69) is 33.4 Å².